The van der Waals surface area contributed by atoms with Gasteiger partial charge in [0.05, 0.1) is 6.61 Å². The van der Waals surface area contributed by atoms with E-state index in [4.69, 9.17) is 4.74 Å². The van der Waals surface area contributed by atoms with Crippen molar-refractivity contribution >= 4 is 51.1 Å². The fourth-order valence-electron chi connectivity index (χ4n) is 2.75. The summed E-state index contributed by atoms with van der Waals surface area (Å²) in [6.07, 6.45) is 2.52. The van der Waals surface area contributed by atoms with Gasteiger partial charge in [-0.1, -0.05) is 41.4 Å². The zero-order valence-electron chi connectivity index (χ0n) is 12.0. The van der Waals surface area contributed by atoms with Crippen molar-refractivity contribution in [1.82, 2.24) is 0 Å². The number of hydrogen-bond acceptors (Lipinski definition) is 4. The Bertz CT molecular complexity index is 503. The molecule has 1 aliphatic carbocycles. The molecule has 0 bridgehead atoms. The van der Waals surface area contributed by atoms with Gasteiger partial charge in [0.15, 0.2) is 0 Å². The summed E-state index contributed by atoms with van der Waals surface area (Å²) in [6.45, 7) is 1.94. The molecule has 0 radical (unpaired) electrons. The number of ether oxygens (including phenoxy) is 2. The third-order valence-electron chi connectivity index (χ3n) is 3.86. The molecule has 2 atom stereocenters. The van der Waals surface area contributed by atoms with Crippen LogP contribution < -0.4 is 0 Å². The Balaban J connectivity index is 0.00000242. The summed E-state index contributed by atoms with van der Waals surface area (Å²) >= 11 is 3.43. The molecule has 1 aromatic carbocycles. The van der Waals surface area contributed by atoms with Crippen molar-refractivity contribution in [3.63, 3.8) is 0 Å². The van der Waals surface area contributed by atoms with E-state index in [1.54, 1.807) is 6.92 Å². The van der Waals surface area contributed by atoms with Gasteiger partial charge >= 0.3 is 35.2 Å². The fourth-order valence-corrected chi connectivity index (χ4v) is 3.02. The Morgan fingerprint density at radius 1 is 1.23 bits per heavy atom. The minimum absolute atomic E-state index is 0. The minimum atomic E-state index is -0.886. The number of carbonyl (C=O) groups is 2. The molecule has 22 heavy (non-hydrogen) atoms. The second kappa shape index (κ2) is 9.52. The van der Waals surface area contributed by atoms with Crippen LogP contribution in [0.15, 0.2) is 28.7 Å². The second-order valence-electron chi connectivity index (χ2n) is 5.24. The summed E-state index contributed by atoms with van der Waals surface area (Å²) in [7, 11) is 0. The molecule has 1 fully saturated rings. The van der Waals surface area contributed by atoms with Crippen LogP contribution in [0.4, 0.5) is 4.79 Å². The van der Waals surface area contributed by atoms with Crippen molar-refractivity contribution in [2.45, 2.75) is 38.5 Å². The van der Waals surface area contributed by atoms with Gasteiger partial charge in [0.2, 0.25) is 0 Å². The Kier molecular flexibility index (Phi) is 8.42. The highest BCUT2D eigenvalue weighted by Crippen LogP contribution is 2.40. The van der Waals surface area contributed by atoms with Crippen LogP contribution in [-0.2, 0) is 14.3 Å². The number of carbonyl (C=O) groups excluding carboxylic acids is 2. The molecule has 2 rings (SSSR count). The lowest BCUT2D eigenvalue weighted by Crippen LogP contribution is -2.19. The van der Waals surface area contributed by atoms with Crippen LogP contribution in [0.3, 0.4) is 0 Å². The molecule has 1 aromatic rings. The van der Waals surface area contributed by atoms with E-state index in [9.17, 15) is 9.59 Å². The molecule has 0 aliphatic heterocycles. The van der Waals surface area contributed by atoms with Gasteiger partial charge in [-0.3, -0.25) is 4.79 Å². The molecule has 1 saturated carbocycles. The van der Waals surface area contributed by atoms with E-state index < -0.39 is 12.1 Å². The van der Waals surface area contributed by atoms with E-state index in [0.29, 0.717) is 12.5 Å². The van der Waals surface area contributed by atoms with Crippen molar-refractivity contribution in [3.05, 3.63) is 34.3 Å². The molecular weight excluding hydrogens is 360 g/mol. The molecule has 0 saturated heterocycles. The lowest BCUT2D eigenvalue weighted by atomic mass is 9.89. The molecule has 118 valence electrons. The van der Waals surface area contributed by atoms with E-state index in [1.165, 1.54) is 5.56 Å². The maximum absolute atomic E-state index is 11.4. The third kappa shape index (κ3) is 5.55. The van der Waals surface area contributed by atoms with Gasteiger partial charge in [-0.15, -0.1) is 0 Å². The largest absolute Gasteiger partial charge is 0.516 e. The van der Waals surface area contributed by atoms with E-state index in [-0.39, 0.29) is 35.4 Å². The van der Waals surface area contributed by atoms with Crippen molar-refractivity contribution in [1.29, 1.82) is 0 Å². The van der Waals surface area contributed by atoms with Crippen molar-refractivity contribution in [2.75, 3.05) is 6.61 Å². The minimum Gasteiger partial charge on any atom is -0.434 e. The molecule has 0 spiro atoms. The summed E-state index contributed by atoms with van der Waals surface area (Å²) in [4.78, 5) is 22.4. The van der Waals surface area contributed by atoms with Gasteiger partial charge in [-0.05, 0) is 36.5 Å². The lowest BCUT2D eigenvalue weighted by molar-refractivity contribution is -0.139. The number of rotatable bonds is 4. The Morgan fingerprint density at radius 3 is 2.55 bits per heavy atom. The quantitative estimate of drug-likeness (QED) is 0.455. The molecule has 4 nitrogen and oxygen atoms in total. The molecule has 0 amide bonds. The summed E-state index contributed by atoms with van der Waals surface area (Å²) < 4.78 is 10.6. The molecular formula is C16H21BrMgO4. The zero-order chi connectivity index (χ0) is 15.2. The fraction of sp³-hybridized carbons (Fsp3) is 0.500. The van der Waals surface area contributed by atoms with Crippen LogP contribution in [-0.4, -0.2) is 41.8 Å². The van der Waals surface area contributed by atoms with E-state index in [0.717, 1.165) is 23.7 Å². The van der Waals surface area contributed by atoms with Gasteiger partial charge < -0.3 is 9.47 Å². The average Bonchev–Trinajstić information content (AvgIpc) is 2.94. The van der Waals surface area contributed by atoms with Crippen LogP contribution in [0, 0.1) is 5.92 Å². The normalized spacial score (nSPS) is 20.1. The average molecular weight is 382 g/mol. The number of benzene rings is 1. The Labute approximate surface area is 155 Å². The zero-order valence-corrected chi connectivity index (χ0v) is 13.6. The topological polar surface area (TPSA) is 52.6 Å². The lowest BCUT2D eigenvalue weighted by Gasteiger charge is -2.19. The summed E-state index contributed by atoms with van der Waals surface area (Å²) in [5.74, 6) is 0.124. The number of esters is 1. The van der Waals surface area contributed by atoms with Gasteiger partial charge in [-0.2, -0.15) is 0 Å². The van der Waals surface area contributed by atoms with E-state index >= 15 is 0 Å². The summed E-state index contributed by atoms with van der Waals surface area (Å²) in [5, 5.41) is 0. The van der Waals surface area contributed by atoms with Crippen molar-refractivity contribution in [3.8, 4) is 0 Å². The van der Waals surface area contributed by atoms with E-state index in [1.807, 2.05) is 12.1 Å². The molecule has 6 heteroatoms. The van der Waals surface area contributed by atoms with Crippen molar-refractivity contribution < 1.29 is 19.1 Å². The number of hydrogen-bond donors (Lipinski definition) is 0. The second-order valence-corrected chi connectivity index (χ2v) is 6.15. The van der Waals surface area contributed by atoms with Gasteiger partial charge in [-0.25, -0.2) is 4.79 Å². The first-order chi connectivity index (χ1) is 10.1. The highest BCUT2D eigenvalue weighted by molar-refractivity contribution is 9.10. The molecule has 2 unspecified atom stereocenters. The standard InChI is InChI=1S/C16H19BrO4.Mg.2H/c1-2-15(18)21-16(19)20-10-12-4-3-5-14(12)11-6-8-13(17)9-7-11;;;/h6-9,12,14H,2-5,10H2,1H3;;;. The Hall–Kier alpha value is -0.594. The number of halogens is 1. The summed E-state index contributed by atoms with van der Waals surface area (Å²) in [5.41, 5.74) is 1.27. The molecule has 0 N–H and O–H groups in total. The molecule has 1 aliphatic rings. The first-order valence-electron chi connectivity index (χ1n) is 7.23. The first-order valence-corrected chi connectivity index (χ1v) is 8.02. The van der Waals surface area contributed by atoms with Crippen LogP contribution in [0.1, 0.15) is 44.1 Å². The van der Waals surface area contributed by atoms with Gasteiger partial charge in [0.25, 0.3) is 0 Å². The van der Waals surface area contributed by atoms with Gasteiger partial charge in [0.1, 0.15) is 0 Å². The van der Waals surface area contributed by atoms with Crippen LogP contribution >= 0.6 is 15.9 Å². The molecule has 0 heterocycles. The smallest absolute Gasteiger partial charge is 0.434 e. The molecule has 0 aromatic heterocycles. The highest BCUT2D eigenvalue weighted by atomic mass is 79.9. The first kappa shape index (κ1) is 19.5. The predicted molar refractivity (Wildman–Crippen MR) is 90.5 cm³/mol. The monoisotopic (exact) mass is 380 g/mol. The Morgan fingerprint density at radius 2 is 1.91 bits per heavy atom. The van der Waals surface area contributed by atoms with Gasteiger partial charge in [0, 0.05) is 16.8 Å². The van der Waals surface area contributed by atoms with E-state index in [2.05, 4.69) is 32.8 Å². The van der Waals surface area contributed by atoms with Crippen LogP contribution in [0.5, 0.6) is 0 Å². The van der Waals surface area contributed by atoms with Crippen LogP contribution in [0.2, 0.25) is 0 Å². The third-order valence-corrected chi connectivity index (χ3v) is 4.39. The maximum atomic E-state index is 11.4. The highest BCUT2D eigenvalue weighted by Gasteiger charge is 2.30. The predicted octanol–water partition coefficient (Wildman–Crippen LogP) is 3.51. The van der Waals surface area contributed by atoms with Crippen molar-refractivity contribution in [2.24, 2.45) is 5.92 Å². The summed E-state index contributed by atoms with van der Waals surface area (Å²) in [6, 6.07) is 8.26. The maximum Gasteiger partial charge on any atom is 0.516 e. The van der Waals surface area contributed by atoms with Crippen LogP contribution in [0.25, 0.3) is 0 Å². The SMILES string of the molecule is CCC(=O)OC(=O)OCC1CCCC1c1ccc(Br)cc1.[MgH2].